The van der Waals surface area contributed by atoms with Gasteiger partial charge in [-0.15, -0.1) is 0 Å². The number of pyridine rings is 1. The van der Waals surface area contributed by atoms with Crippen molar-refractivity contribution in [2.24, 2.45) is 0 Å². The molecular weight excluding hydrogens is 225 g/mol. The highest BCUT2D eigenvalue weighted by Gasteiger charge is 2.13. The van der Waals surface area contributed by atoms with Gasteiger partial charge < -0.3 is 10.2 Å². The van der Waals surface area contributed by atoms with E-state index in [0.717, 1.165) is 18.2 Å². The normalized spacial score (nSPS) is 10.2. The Bertz CT molecular complexity index is 584. The Balaban J connectivity index is 2.63. The largest absolute Gasteiger partial charge is 0.506 e. The summed E-state index contributed by atoms with van der Waals surface area (Å²) in [6.45, 7) is 0. The van der Waals surface area contributed by atoms with Crippen LogP contribution in [0.1, 0.15) is 10.4 Å². The monoisotopic (exact) mass is 233 g/mol. The molecule has 0 spiro atoms. The number of benzene rings is 1. The van der Waals surface area contributed by atoms with Crippen LogP contribution >= 0.6 is 0 Å². The van der Waals surface area contributed by atoms with Crippen LogP contribution in [0.4, 0.5) is 4.39 Å². The molecule has 5 heteroatoms. The first kappa shape index (κ1) is 11.1. The fraction of sp³-hybridized carbons (Fsp3) is 0. The number of nitrogens with zero attached hydrogens (tertiary/aromatic N) is 1. The maximum atomic E-state index is 13.6. The second kappa shape index (κ2) is 4.21. The number of aromatic hydroxyl groups is 1. The van der Waals surface area contributed by atoms with Crippen LogP contribution < -0.4 is 0 Å². The zero-order valence-corrected chi connectivity index (χ0v) is 8.59. The first-order valence-electron chi connectivity index (χ1n) is 4.77. The molecule has 0 aliphatic carbocycles. The molecule has 86 valence electrons. The zero-order valence-electron chi connectivity index (χ0n) is 8.59. The van der Waals surface area contributed by atoms with Crippen molar-refractivity contribution >= 4 is 5.97 Å². The minimum atomic E-state index is -1.17. The van der Waals surface area contributed by atoms with E-state index in [-0.39, 0.29) is 22.6 Å². The van der Waals surface area contributed by atoms with E-state index in [2.05, 4.69) is 4.98 Å². The molecule has 0 unspecified atom stereocenters. The Kier molecular flexibility index (Phi) is 2.74. The van der Waals surface area contributed by atoms with Gasteiger partial charge in [-0.2, -0.15) is 0 Å². The lowest BCUT2D eigenvalue weighted by Crippen LogP contribution is -1.98. The molecular formula is C12H8FNO3. The third-order valence-corrected chi connectivity index (χ3v) is 2.25. The van der Waals surface area contributed by atoms with Crippen LogP contribution in [0, 0.1) is 5.82 Å². The third kappa shape index (κ3) is 2.08. The number of hydrogen-bond donors (Lipinski definition) is 2. The van der Waals surface area contributed by atoms with E-state index in [1.54, 1.807) is 0 Å². The molecule has 0 amide bonds. The van der Waals surface area contributed by atoms with Crippen LogP contribution in [0.5, 0.6) is 5.75 Å². The van der Waals surface area contributed by atoms with E-state index in [9.17, 15) is 14.3 Å². The van der Waals surface area contributed by atoms with Crippen molar-refractivity contribution in [1.29, 1.82) is 0 Å². The van der Waals surface area contributed by atoms with Crippen LogP contribution in [-0.2, 0) is 0 Å². The lowest BCUT2D eigenvalue weighted by molar-refractivity contribution is 0.0697. The second-order valence-electron chi connectivity index (χ2n) is 3.37. The molecule has 17 heavy (non-hydrogen) atoms. The van der Waals surface area contributed by atoms with Gasteiger partial charge in [0.15, 0.2) is 0 Å². The van der Waals surface area contributed by atoms with E-state index in [0.29, 0.717) is 0 Å². The molecule has 4 nitrogen and oxygen atoms in total. The van der Waals surface area contributed by atoms with Crippen molar-refractivity contribution in [3.63, 3.8) is 0 Å². The average molecular weight is 233 g/mol. The summed E-state index contributed by atoms with van der Waals surface area (Å²) in [5.41, 5.74) is -0.0810. The number of rotatable bonds is 2. The Morgan fingerprint density at radius 3 is 2.71 bits per heavy atom. The van der Waals surface area contributed by atoms with Crippen molar-refractivity contribution in [3.8, 4) is 17.0 Å². The Morgan fingerprint density at radius 2 is 2.06 bits per heavy atom. The summed E-state index contributed by atoms with van der Waals surface area (Å²) < 4.78 is 13.6. The van der Waals surface area contributed by atoms with E-state index < -0.39 is 11.8 Å². The van der Waals surface area contributed by atoms with E-state index >= 15 is 0 Å². The predicted octanol–water partition coefficient (Wildman–Crippen LogP) is 2.29. The van der Waals surface area contributed by atoms with Gasteiger partial charge in [-0.25, -0.2) is 9.18 Å². The van der Waals surface area contributed by atoms with Crippen LogP contribution in [0.15, 0.2) is 36.5 Å². The van der Waals surface area contributed by atoms with Gasteiger partial charge >= 0.3 is 5.97 Å². The molecule has 1 aromatic heterocycles. The molecule has 2 rings (SSSR count). The van der Waals surface area contributed by atoms with Crippen LogP contribution in [-0.4, -0.2) is 21.2 Å². The summed E-state index contributed by atoms with van der Waals surface area (Å²) in [6, 6.07) is 6.18. The number of carbonyl (C=O) groups is 1. The number of hydrogen-bond acceptors (Lipinski definition) is 3. The number of halogens is 1. The molecule has 0 saturated heterocycles. The minimum absolute atomic E-state index is 0.0214. The molecule has 1 aromatic carbocycles. The predicted molar refractivity (Wildman–Crippen MR) is 58.3 cm³/mol. The van der Waals surface area contributed by atoms with Crippen molar-refractivity contribution in [3.05, 3.63) is 47.9 Å². The molecule has 0 radical (unpaired) electrons. The molecule has 0 saturated carbocycles. The van der Waals surface area contributed by atoms with E-state index in [1.807, 2.05) is 0 Å². The van der Waals surface area contributed by atoms with Gasteiger partial charge in [0, 0.05) is 11.8 Å². The van der Waals surface area contributed by atoms with Crippen molar-refractivity contribution in [1.82, 2.24) is 4.98 Å². The highest BCUT2D eigenvalue weighted by molar-refractivity contribution is 5.89. The van der Waals surface area contributed by atoms with Gasteiger partial charge in [-0.05, 0) is 30.3 Å². The first-order valence-corrected chi connectivity index (χ1v) is 4.77. The number of carboxylic acid groups (broad SMARTS) is 1. The van der Waals surface area contributed by atoms with Crippen molar-refractivity contribution in [2.45, 2.75) is 0 Å². The van der Waals surface area contributed by atoms with E-state index in [4.69, 9.17) is 5.11 Å². The maximum absolute atomic E-state index is 13.6. The number of aromatic carboxylic acids is 1. The molecule has 0 fully saturated rings. The highest BCUT2D eigenvalue weighted by Crippen LogP contribution is 2.29. The van der Waals surface area contributed by atoms with Gasteiger partial charge in [0.2, 0.25) is 0 Å². The standard InChI is InChI=1S/C12H8FNO3/c13-9-4-3-7(12(16)17)6-8(9)11-10(15)2-1-5-14-11/h1-6,15H,(H,16,17). The SMILES string of the molecule is O=C(O)c1ccc(F)c(-c2ncccc2O)c1. The summed E-state index contributed by atoms with van der Waals surface area (Å²) in [5.74, 6) is -2.00. The summed E-state index contributed by atoms with van der Waals surface area (Å²) in [5, 5.41) is 18.4. The molecule has 0 aliphatic heterocycles. The lowest BCUT2D eigenvalue weighted by Gasteiger charge is -2.05. The average Bonchev–Trinajstić information content (AvgIpc) is 2.30. The van der Waals surface area contributed by atoms with Gasteiger partial charge in [-0.3, -0.25) is 4.98 Å². The maximum Gasteiger partial charge on any atom is 0.335 e. The van der Waals surface area contributed by atoms with Gasteiger partial charge in [0.25, 0.3) is 0 Å². The number of carboxylic acids is 1. The molecule has 1 heterocycles. The fourth-order valence-corrected chi connectivity index (χ4v) is 1.44. The Labute approximate surface area is 96.0 Å². The molecule has 2 N–H and O–H groups in total. The molecule has 0 atom stereocenters. The second-order valence-corrected chi connectivity index (χ2v) is 3.37. The Morgan fingerprint density at radius 1 is 1.29 bits per heavy atom. The van der Waals surface area contributed by atoms with Crippen molar-refractivity contribution in [2.75, 3.05) is 0 Å². The van der Waals surface area contributed by atoms with Crippen LogP contribution in [0.25, 0.3) is 11.3 Å². The first-order chi connectivity index (χ1) is 8.09. The number of aromatic nitrogens is 1. The van der Waals surface area contributed by atoms with Crippen LogP contribution in [0.3, 0.4) is 0 Å². The van der Waals surface area contributed by atoms with Crippen molar-refractivity contribution < 1.29 is 19.4 Å². The highest BCUT2D eigenvalue weighted by atomic mass is 19.1. The molecule has 0 bridgehead atoms. The Hall–Kier alpha value is -2.43. The van der Waals surface area contributed by atoms with Gasteiger partial charge in [0.05, 0.1) is 5.56 Å². The minimum Gasteiger partial charge on any atom is -0.506 e. The topological polar surface area (TPSA) is 70.4 Å². The summed E-state index contributed by atoms with van der Waals surface area (Å²) in [7, 11) is 0. The molecule has 0 aliphatic rings. The summed E-state index contributed by atoms with van der Waals surface area (Å²) >= 11 is 0. The summed E-state index contributed by atoms with van der Waals surface area (Å²) in [4.78, 5) is 14.6. The summed E-state index contributed by atoms with van der Waals surface area (Å²) in [6.07, 6.45) is 1.39. The lowest BCUT2D eigenvalue weighted by atomic mass is 10.1. The quantitative estimate of drug-likeness (QED) is 0.834. The van der Waals surface area contributed by atoms with Crippen LogP contribution in [0.2, 0.25) is 0 Å². The smallest absolute Gasteiger partial charge is 0.335 e. The third-order valence-electron chi connectivity index (χ3n) is 2.25. The molecule has 2 aromatic rings. The zero-order chi connectivity index (χ0) is 12.4. The van der Waals surface area contributed by atoms with E-state index in [1.165, 1.54) is 18.3 Å². The fourth-order valence-electron chi connectivity index (χ4n) is 1.44. The van der Waals surface area contributed by atoms with Gasteiger partial charge in [-0.1, -0.05) is 0 Å². The van der Waals surface area contributed by atoms with Gasteiger partial charge in [0.1, 0.15) is 17.3 Å².